The van der Waals surface area contributed by atoms with E-state index >= 15 is 0 Å². The maximum atomic E-state index is 12.5. The van der Waals surface area contributed by atoms with Gasteiger partial charge in [0.1, 0.15) is 11.9 Å². The van der Waals surface area contributed by atoms with Crippen molar-refractivity contribution >= 4 is 17.5 Å². The standard InChI is InChI=1S/C25H26ClN3O3/c1-29-19-9-10-20(29)13-22(12-19)31-21-4-2-3-16(11-21)15-27-25(30)23-14-24(32-28-23)17-5-7-18(26)8-6-17/h2-8,11,14,19-20,22H,9-10,12-13,15H2,1H3,(H,27,30). The first-order valence-corrected chi connectivity index (χ1v) is 11.4. The van der Waals surface area contributed by atoms with Crippen molar-refractivity contribution in [2.45, 2.75) is 50.4 Å². The molecule has 0 radical (unpaired) electrons. The summed E-state index contributed by atoms with van der Waals surface area (Å²) in [5.41, 5.74) is 2.03. The first kappa shape index (κ1) is 21.0. The maximum absolute atomic E-state index is 12.5. The lowest BCUT2D eigenvalue weighted by molar-refractivity contribution is 0.0661. The van der Waals surface area contributed by atoms with Gasteiger partial charge in [-0.15, -0.1) is 0 Å². The van der Waals surface area contributed by atoms with Crippen LogP contribution >= 0.6 is 11.6 Å². The number of halogens is 1. The van der Waals surface area contributed by atoms with Crippen LogP contribution in [0.3, 0.4) is 0 Å². The van der Waals surface area contributed by atoms with Crippen LogP contribution in [0.5, 0.6) is 5.75 Å². The molecule has 6 nitrogen and oxygen atoms in total. The molecular formula is C25H26ClN3O3. The van der Waals surface area contributed by atoms with Gasteiger partial charge in [0.15, 0.2) is 11.5 Å². The molecule has 1 aromatic heterocycles. The van der Waals surface area contributed by atoms with E-state index in [-0.39, 0.29) is 17.7 Å². The summed E-state index contributed by atoms with van der Waals surface area (Å²) in [4.78, 5) is 15.0. The fourth-order valence-electron chi connectivity index (χ4n) is 4.78. The molecule has 0 aliphatic carbocycles. The van der Waals surface area contributed by atoms with Crippen molar-refractivity contribution in [3.8, 4) is 17.1 Å². The topological polar surface area (TPSA) is 67.6 Å². The molecule has 2 aliphatic heterocycles. The molecular weight excluding hydrogens is 426 g/mol. The molecule has 3 heterocycles. The molecule has 32 heavy (non-hydrogen) atoms. The monoisotopic (exact) mass is 451 g/mol. The Morgan fingerprint density at radius 2 is 1.91 bits per heavy atom. The molecule has 1 amide bonds. The number of nitrogens with zero attached hydrogens (tertiary/aromatic N) is 2. The summed E-state index contributed by atoms with van der Waals surface area (Å²) in [6.07, 6.45) is 4.96. The zero-order chi connectivity index (χ0) is 22.1. The number of rotatable bonds is 6. The lowest BCUT2D eigenvalue weighted by Gasteiger charge is -2.36. The van der Waals surface area contributed by atoms with Crippen molar-refractivity contribution in [2.75, 3.05) is 7.05 Å². The maximum Gasteiger partial charge on any atom is 0.273 e. The van der Waals surface area contributed by atoms with E-state index in [2.05, 4.69) is 22.4 Å². The van der Waals surface area contributed by atoms with Crippen molar-refractivity contribution < 1.29 is 14.1 Å². The van der Waals surface area contributed by atoms with Crippen molar-refractivity contribution in [1.82, 2.24) is 15.4 Å². The number of aromatic nitrogens is 1. The minimum atomic E-state index is -0.285. The van der Waals surface area contributed by atoms with Crippen LogP contribution in [0.15, 0.2) is 59.1 Å². The number of ether oxygens (including phenoxy) is 1. The van der Waals surface area contributed by atoms with E-state index in [9.17, 15) is 4.79 Å². The second-order valence-electron chi connectivity index (χ2n) is 8.68. The van der Waals surface area contributed by atoms with Crippen molar-refractivity contribution in [3.05, 3.63) is 70.9 Å². The molecule has 3 aromatic rings. The van der Waals surface area contributed by atoms with Crippen molar-refractivity contribution in [2.24, 2.45) is 0 Å². The molecule has 0 saturated carbocycles. The van der Waals surface area contributed by atoms with Crippen LogP contribution in [-0.2, 0) is 6.54 Å². The lowest BCUT2D eigenvalue weighted by Crippen LogP contribution is -2.43. The average molecular weight is 452 g/mol. The molecule has 2 aliphatic rings. The Kier molecular flexibility index (Phi) is 5.89. The van der Waals surface area contributed by atoms with Gasteiger partial charge in [-0.2, -0.15) is 0 Å². The first-order valence-electron chi connectivity index (χ1n) is 11.0. The summed E-state index contributed by atoms with van der Waals surface area (Å²) in [5, 5.41) is 7.44. The highest BCUT2D eigenvalue weighted by Gasteiger charge is 2.39. The number of carbonyl (C=O) groups is 1. The number of benzene rings is 2. The van der Waals surface area contributed by atoms with Crippen LogP contribution in [0.1, 0.15) is 41.7 Å². The van der Waals surface area contributed by atoms with Gasteiger partial charge in [-0.1, -0.05) is 28.9 Å². The van der Waals surface area contributed by atoms with Crippen molar-refractivity contribution in [1.29, 1.82) is 0 Å². The van der Waals surface area contributed by atoms with Gasteiger partial charge < -0.3 is 19.5 Å². The third-order valence-corrected chi connectivity index (χ3v) is 6.83. The zero-order valence-electron chi connectivity index (χ0n) is 18.0. The first-order chi connectivity index (χ1) is 15.5. The highest BCUT2D eigenvalue weighted by molar-refractivity contribution is 6.30. The van der Waals surface area contributed by atoms with E-state index in [1.807, 2.05) is 36.4 Å². The van der Waals surface area contributed by atoms with E-state index in [1.165, 1.54) is 12.8 Å². The summed E-state index contributed by atoms with van der Waals surface area (Å²) in [5.74, 6) is 1.10. The molecule has 7 heteroatoms. The Bertz CT molecular complexity index is 1080. The molecule has 2 fully saturated rings. The summed E-state index contributed by atoms with van der Waals surface area (Å²) < 4.78 is 11.6. The van der Waals surface area contributed by atoms with Crippen LogP contribution in [0.4, 0.5) is 0 Å². The van der Waals surface area contributed by atoms with Crippen LogP contribution in [0.25, 0.3) is 11.3 Å². The summed E-state index contributed by atoms with van der Waals surface area (Å²) in [7, 11) is 2.23. The Hall–Kier alpha value is -2.83. The predicted molar refractivity (Wildman–Crippen MR) is 123 cm³/mol. The van der Waals surface area contributed by atoms with E-state index in [1.54, 1.807) is 18.2 Å². The minimum absolute atomic E-state index is 0.240. The molecule has 2 bridgehead atoms. The van der Waals surface area contributed by atoms with Crippen LogP contribution in [0, 0.1) is 0 Å². The Labute approximate surface area is 192 Å². The third kappa shape index (κ3) is 4.52. The molecule has 166 valence electrons. The van der Waals surface area contributed by atoms with E-state index < -0.39 is 0 Å². The molecule has 2 aromatic carbocycles. The highest BCUT2D eigenvalue weighted by atomic mass is 35.5. The average Bonchev–Trinajstić information content (AvgIpc) is 3.35. The molecule has 2 saturated heterocycles. The fourth-order valence-corrected chi connectivity index (χ4v) is 4.91. The zero-order valence-corrected chi connectivity index (χ0v) is 18.7. The summed E-state index contributed by atoms with van der Waals surface area (Å²) in [6, 6.07) is 18.0. The Morgan fingerprint density at radius 3 is 2.66 bits per heavy atom. The van der Waals surface area contributed by atoms with Crippen LogP contribution in [0.2, 0.25) is 5.02 Å². The summed E-state index contributed by atoms with van der Waals surface area (Å²) >= 11 is 5.92. The van der Waals surface area contributed by atoms with E-state index in [4.69, 9.17) is 20.9 Å². The predicted octanol–water partition coefficient (Wildman–Crippen LogP) is 4.93. The number of carbonyl (C=O) groups excluding carboxylic acids is 1. The van der Waals surface area contributed by atoms with Gasteiger partial charge in [0.25, 0.3) is 5.91 Å². The smallest absolute Gasteiger partial charge is 0.273 e. The van der Waals surface area contributed by atoms with Gasteiger partial charge in [0, 0.05) is 35.3 Å². The number of hydrogen-bond donors (Lipinski definition) is 1. The lowest BCUT2D eigenvalue weighted by atomic mass is 10.0. The number of amides is 1. The second kappa shape index (κ2) is 8.96. The number of nitrogens with one attached hydrogen (secondary N) is 1. The third-order valence-electron chi connectivity index (χ3n) is 6.58. The second-order valence-corrected chi connectivity index (χ2v) is 9.11. The Balaban J connectivity index is 1.18. The highest BCUT2D eigenvalue weighted by Crippen LogP contribution is 2.36. The van der Waals surface area contributed by atoms with Gasteiger partial charge in [0.05, 0.1) is 0 Å². The largest absolute Gasteiger partial charge is 0.490 e. The fraction of sp³-hybridized carbons (Fsp3) is 0.360. The number of hydrogen-bond acceptors (Lipinski definition) is 5. The van der Waals surface area contributed by atoms with Gasteiger partial charge in [0.2, 0.25) is 0 Å². The van der Waals surface area contributed by atoms with Crippen LogP contribution in [-0.4, -0.2) is 41.2 Å². The summed E-state index contributed by atoms with van der Waals surface area (Å²) in [6.45, 7) is 0.387. The minimum Gasteiger partial charge on any atom is -0.490 e. The molecule has 2 unspecified atom stereocenters. The normalized spacial score (nSPS) is 22.6. The van der Waals surface area contributed by atoms with Crippen molar-refractivity contribution in [3.63, 3.8) is 0 Å². The van der Waals surface area contributed by atoms with Gasteiger partial charge in [-0.3, -0.25) is 4.79 Å². The SMILES string of the molecule is CN1C2CCC1CC(Oc1cccc(CNC(=O)c3cc(-c4ccc(Cl)cc4)on3)c1)C2. The van der Waals surface area contributed by atoms with Gasteiger partial charge in [-0.25, -0.2) is 0 Å². The molecule has 1 N–H and O–H groups in total. The molecule has 5 rings (SSSR count). The molecule has 0 spiro atoms. The van der Waals surface area contributed by atoms with E-state index in [0.717, 1.165) is 29.7 Å². The van der Waals surface area contributed by atoms with E-state index in [0.29, 0.717) is 29.4 Å². The molecule has 2 atom stereocenters. The number of piperidine rings is 1. The van der Waals surface area contributed by atoms with Gasteiger partial charge in [-0.05, 0) is 74.7 Å². The quantitative estimate of drug-likeness (QED) is 0.575. The Morgan fingerprint density at radius 1 is 1.16 bits per heavy atom. The van der Waals surface area contributed by atoms with Gasteiger partial charge >= 0.3 is 0 Å². The van der Waals surface area contributed by atoms with Crippen LogP contribution < -0.4 is 10.1 Å². The number of fused-ring (bicyclic) bond motifs is 2.